The topological polar surface area (TPSA) is 94.1 Å². The molecule has 2 aromatic rings. The third kappa shape index (κ3) is 11.1. The van der Waals surface area contributed by atoms with Crippen LogP contribution in [0, 0.1) is 0 Å². The van der Waals surface area contributed by atoms with Crippen LogP contribution in [0.25, 0.3) is 0 Å². The van der Waals surface area contributed by atoms with E-state index in [1.807, 2.05) is 0 Å². The molecule has 1 heterocycles. The summed E-state index contributed by atoms with van der Waals surface area (Å²) >= 11 is 5.84. The minimum atomic E-state index is -1.12. The third-order valence-electron chi connectivity index (χ3n) is 4.28. The normalized spacial score (nSPS) is 13.1. The number of carbonyl (C=O) groups excluding carboxylic acids is 2. The summed E-state index contributed by atoms with van der Waals surface area (Å²) in [7, 11) is 0. The number of ether oxygens (including phenoxy) is 3. The Morgan fingerprint density at radius 2 is 1.50 bits per heavy atom. The van der Waals surface area contributed by atoms with Crippen LogP contribution in [0.3, 0.4) is 0 Å². The van der Waals surface area contributed by atoms with Crippen molar-refractivity contribution in [1.29, 1.82) is 0 Å². The van der Waals surface area contributed by atoms with Gasteiger partial charge >= 0.3 is 5.97 Å². The number of benzene rings is 2. The lowest BCUT2D eigenvalue weighted by Crippen LogP contribution is -2.40. The Labute approximate surface area is 207 Å². The standard InChI is InChI=1S/C20H21ClO4.C4H9NO.C2H6O/c1-13(2)24-19(23)20(3,4)25-17-11-7-15(8-12-17)18(22)14-5-9-16(21)10-6-14;1-3-6-4-2-5-1;1-2-3/h5-13H,1-4H3;5H,1-4H2;3H,2H2,1H3. The van der Waals surface area contributed by atoms with Crippen LogP contribution in [0.15, 0.2) is 48.5 Å². The molecule has 1 saturated heterocycles. The summed E-state index contributed by atoms with van der Waals surface area (Å²) < 4.78 is 15.9. The fraction of sp³-hybridized carbons (Fsp3) is 0.462. The second-order valence-corrected chi connectivity index (χ2v) is 8.54. The van der Waals surface area contributed by atoms with E-state index in [0.717, 1.165) is 26.3 Å². The number of esters is 1. The van der Waals surface area contributed by atoms with Crippen molar-refractivity contribution < 1.29 is 28.9 Å². The van der Waals surface area contributed by atoms with Gasteiger partial charge in [-0.25, -0.2) is 4.79 Å². The summed E-state index contributed by atoms with van der Waals surface area (Å²) in [4.78, 5) is 24.5. The van der Waals surface area contributed by atoms with E-state index in [0.29, 0.717) is 21.9 Å². The molecule has 0 saturated carbocycles. The average molecular weight is 494 g/mol. The number of aliphatic hydroxyl groups excluding tert-OH is 1. The first-order valence-electron chi connectivity index (χ1n) is 11.3. The molecule has 0 bridgehead atoms. The Balaban J connectivity index is 0.000000539. The molecular weight excluding hydrogens is 458 g/mol. The zero-order chi connectivity index (χ0) is 25.6. The first-order chi connectivity index (χ1) is 16.1. The molecule has 0 aromatic heterocycles. The lowest BCUT2D eigenvalue weighted by Gasteiger charge is -2.25. The van der Waals surface area contributed by atoms with Crippen LogP contribution in [0.5, 0.6) is 5.75 Å². The predicted molar refractivity (Wildman–Crippen MR) is 134 cm³/mol. The minimum absolute atomic E-state index is 0.110. The Hall–Kier alpha value is -2.45. The average Bonchev–Trinajstić information content (AvgIpc) is 2.81. The van der Waals surface area contributed by atoms with Gasteiger partial charge in [0.25, 0.3) is 0 Å². The first-order valence-corrected chi connectivity index (χ1v) is 11.7. The lowest BCUT2D eigenvalue weighted by molar-refractivity contribution is -0.163. The van der Waals surface area contributed by atoms with Gasteiger partial charge in [0.2, 0.25) is 0 Å². The van der Waals surface area contributed by atoms with Crippen molar-refractivity contribution >= 4 is 23.4 Å². The first kappa shape index (κ1) is 29.6. The fourth-order valence-electron chi connectivity index (χ4n) is 2.65. The van der Waals surface area contributed by atoms with Gasteiger partial charge in [0, 0.05) is 35.8 Å². The van der Waals surface area contributed by atoms with Gasteiger partial charge in [-0.3, -0.25) is 4.79 Å². The summed E-state index contributed by atoms with van der Waals surface area (Å²) in [6.07, 6.45) is -0.213. The molecule has 0 unspecified atom stereocenters. The van der Waals surface area contributed by atoms with Crippen molar-refractivity contribution in [2.75, 3.05) is 32.9 Å². The Kier molecular flexibility index (Phi) is 13.4. The number of halogens is 1. The summed E-state index contributed by atoms with van der Waals surface area (Å²) in [5.74, 6) is -0.0659. The van der Waals surface area contributed by atoms with E-state index in [1.165, 1.54) is 0 Å². The molecule has 7 nitrogen and oxygen atoms in total. The Bertz CT molecular complexity index is 850. The largest absolute Gasteiger partial charge is 0.476 e. The predicted octanol–water partition coefficient (Wildman–Crippen LogP) is 4.28. The molecular formula is C26H36ClNO6. The maximum Gasteiger partial charge on any atom is 0.350 e. The monoisotopic (exact) mass is 493 g/mol. The maximum absolute atomic E-state index is 12.4. The van der Waals surface area contributed by atoms with Crippen molar-refractivity contribution in [3.05, 3.63) is 64.7 Å². The molecule has 2 N–H and O–H groups in total. The van der Waals surface area contributed by atoms with Crippen LogP contribution >= 0.6 is 11.6 Å². The zero-order valence-electron chi connectivity index (χ0n) is 20.6. The van der Waals surface area contributed by atoms with E-state index in [1.54, 1.807) is 83.1 Å². The number of carbonyl (C=O) groups is 2. The van der Waals surface area contributed by atoms with E-state index in [2.05, 4.69) is 5.32 Å². The molecule has 0 spiro atoms. The van der Waals surface area contributed by atoms with Crippen molar-refractivity contribution in [1.82, 2.24) is 5.32 Å². The number of morpholine rings is 1. The molecule has 188 valence electrons. The summed E-state index contributed by atoms with van der Waals surface area (Å²) in [5, 5.41) is 11.3. The minimum Gasteiger partial charge on any atom is -0.476 e. The molecule has 1 aliphatic rings. The van der Waals surface area contributed by atoms with Gasteiger partial charge in [0.1, 0.15) is 5.75 Å². The number of nitrogens with one attached hydrogen (secondary N) is 1. The third-order valence-corrected chi connectivity index (χ3v) is 4.53. The second kappa shape index (κ2) is 15.5. The van der Waals surface area contributed by atoms with Gasteiger partial charge < -0.3 is 24.6 Å². The highest BCUT2D eigenvalue weighted by Gasteiger charge is 2.32. The van der Waals surface area contributed by atoms with E-state index in [-0.39, 0.29) is 18.5 Å². The van der Waals surface area contributed by atoms with Crippen molar-refractivity contribution in [2.45, 2.75) is 46.3 Å². The van der Waals surface area contributed by atoms with Crippen molar-refractivity contribution in [2.24, 2.45) is 0 Å². The smallest absolute Gasteiger partial charge is 0.350 e. The van der Waals surface area contributed by atoms with Gasteiger partial charge in [-0.2, -0.15) is 0 Å². The molecule has 3 rings (SSSR count). The Morgan fingerprint density at radius 3 is 1.88 bits per heavy atom. The molecule has 2 aromatic carbocycles. The van der Waals surface area contributed by atoms with Crippen LogP contribution in [-0.4, -0.2) is 61.5 Å². The van der Waals surface area contributed by atoms with E-state index in [9.17, 15) is 9.59 Å². The van der Waals surface area contributed by atoms with Crippen LogP contribution in [-0.2, 0) is 14.3 Å². The molecule has 0 atom stereocenters. The molecule has 0 aliphatic carbocycles. The highest BCUT2D eigenvalue weighted by Crippen LogP contribution is 2.22. The number of aliphatic hydroxyl groups is 1. The van der Waals surface area contributed by atoms with Gasteiger partial charge in [-0.05, 0) is 83.1 Å². The van der Waals surface area contributed by atoms with Gasteiger partial charge in [0.15, 0.2) is 11.4 Å². The summed E-state index contributed by atoms with van der Waals surface area (Å²) in [6.45, 7) is 12.6. The molecule has 0 amide bonds. The maximum atomic E-state index is 12.4. The molecule has 8 heteroatoms. The van der Waals surface area contributed by atoms with E-state index in [4.69, 9.17) is 30.9 Å². The summed E-state index contributed by atoms with van der Waals surface area (Å²) in [6, 6.07) is 13.4. The van der Waals surface area contributed by atoms with Crippen molar-refractivity contribution in [3.8, 4) is 5.75 Å². The molecule has 0 radical (unpaired) electrons. The number of hydrogen-bond donors (Lipinski definition) is 2. The number of ketones is 1. The SMILES string of the molecule is C1COCCN1.CC(C)OC(=O)C(C)(C)Oc1ccc(C(=O)c2ccc(Cl)cc2)cc1.CCO. The molecule has 34 heavy (non-hydrogen) atoms. The van der Waals surface area contributed by atoms with Crippen LogP contribution in [0.2, 0.25) is 5.02 Å². The van der Waals surface area contributed by atoms with Gasteiger partial charge in [0.05, 0.1) is 19.3 Å². The van der Waals surface area contributed by atoms with Gasteiger partial charge in [-0.15, -0.1) is 0 Å². The van der Waals surface area contributed by atoms with E-state index < -0.39 is 11.6 Å². The van der Waals surface area contributed by atoms with E-state index >= 15 is 0 Å². The van der Waals surface area contributed by atoms with Crippen LogP contribution in [0.1, 0.15) is 50.5 Å². The number of rotatable bonds is 6. The van der Waals surface area contributed by atoms with Crippen LogP contribution < -0.4 is 10.1 Å². The Morgan fingerprint density at radius 1 is 1.03 bits per heavy atom. The number of hydrogen-bond acceptors (Lipinski definition) is 7. The van der Waals surface area contributed by atoms with Crippen molar-refractivity contribution in [3.63, 3.8) is 0 Å². The quantitative estimate of drug-likeness (QED) is 0.458. The molecule has 1 aliphatic heterocycles. The fourth-order valence-corrected chi connectivity index (χ4v) is 2.78. The second-order valence-electron chi connectivity index (χ2n) is 8.11. The lowest BCUT2D eigenvalue weighted by atomic mass is 10.0. The summed E-state index contributed by atoms with van der Waals surface area (Å²) in [5.41, 5.74) is -0.0393. The van der Waals surface area contributed by atoms with Crippen LogP contribution in [0.4, 0.5) is 0 Å². The highest BCUT2D eigenvalue weighted by atomic mass is 35.5. The zero-order valence-corrected chi connectivity index (χ0v) is 21.4. The molecule has 1 fully saturated rings. The van der Waals surface area contributed by atoms with Gasteiger partial charge in [-0.1, -0.05) is 11.6 Å². The highest BCUT2D eigenvalue weighted by molar-refractivity contribution is 6.30.